The van der Waals surface area contributed by atoms with Gasteiger partial charge in [0.15, 0.2) is 0 Å². The van der Waals surface area contributed by atoms with E-state index < -0.39 is 17.7 Å². The van der Waals surface area contributed by atoms with Crippen molar-refractivity contribution in [1.82, 2.24) is 4.90 Å². The first-order valence-electron chi connectivity index (χ1n) is 12.1. The summed E-state index contributed by atoms with van der Waals surface area (Å²) >= 11 is 0. The number of nitrogens with zero attached hydrogens (tertiary/aromatic N) is 1. The molecule has 0 unspecified atom stereocenters. The summed E-state index contributed by atoms with van der Waals surface area (Å²) in [4.78, 5) is 27.0. The Bertz CT molecular complexity index is 819. The third kappa shape index (κ3) is 4.08. The number of amides is 2. The molecule has 4 bridgehead atoms. The molecule has 5 heteroatoms. The second-order valence-corrected chi connectivity index (χ2v) is 11.6. The highest BCUT2D eigenvalue weighted by molar-refractivity contribution is 5.96. The highest BCUT2D eigenvalue weighted by Gasteiger charge is 2.51. The van der Waals surface area contributed by atoms with E-state index in [1.807, 2.05) is 20.8 Å². The highest BCUT2D eigenvalue weighted by Crippen LogP contribution is 2.60. The molecule has 168 valence electrons. The van der Waals surface area contributed by atoms with Crippen molar-refractivity contribution in [2.45, 2.75) is 89.2 Å². The van der Waals surface area contributed by atoms with Crippen LogP contribution in [0.4, 0.5) is 10.5 Å². The van der Waals surface area contributed by atoms with Crippen LogP contribution in [0.3, 0.4) is 0 Å². The third-order valence-corrected chi connectivity index (χ3v) is 7.99. The SMILES string of the molecule is CC(C)(C)OC(=O)N1CCC[C@@H]1C(=O)Nc1ccc(C23CC4CC(CC(C4)C2)C3)cc1. The minimum Gasteiger partial charge on any atom is -0.444 e. The summed E-state index contributed by atoms with van der Waals surface area (Å²) in [5.74, 6) is 2.65. The summed E-state index contributed by atoms with van der Waals surface area (Å²) in [5, 5.41) is 3.04. The molecule has 1 aromatic rings. The van der Waals surface area contributed by atoms with Gasteiger partial charge in [-0.05, 0) is 113 Å². The summed E-state index contributed by atoms with van der Waals surface area (Å²) in [6.07, 6.45) is 9.47. The molecule has 1 heterocycles. The lowest BCUT2D eigenvalue weighted by Crippen LogP contribution is -2.48. The minimum atomic E-state index is -0.562. The van der Waals surface area contributed by atoms with E-state index in [1.54, 1.807) is 4.90 Å². The molecule has 2 amide bonds. The Hall–Kier alpha value is -2.04. The van der Waals surface area contributed by atoms with E-state index in [0.717, 1.165) is 29.9 Å². The molecule has 5 nitrogen and oxygen atoms in total. The molecule has 4 saturated carbocycles. The van der Waals surface area contributed by atoms with Crippen LogP contribution in [0.25, 0.3) is 0 Å². The summed E-state index contributed by atoms with van der Waals surface area (Å²) in [5.41, 5.74) is 2.08. The molecule has 0 spiro atoms. The van der Waals surface area contributed by atoms with Gasteiger partial charge in [-0.15, -0.1) is 0 Å². The molecular weight excluding hydrogens is 388 g/mol. The van der Waals surface area contributed by atoms with Gasteiger partial charge < -0.3 is 10.1 Å². The van der Waals surface area contributed by atoms with Gasteiger partial charge >= 0.3 is 6.09 Å². The number of anilines is 1. The Morgan fingerprint density at radius 3 is 2.13 bits per heavy atom. The fraction of sp³-hybridized carbons (Fsp3) is 0.692. The van der Waals surface area contributed by atoms with Crippen molar-refractivity contribution < 1.29 is 14.3 Å². The average molecular weight is 425 g/mol. The van der Waals surface area contributed by atoms with Crippen molar-refractivity contribution in [1.29, 1.82) is 0 Å². The van der Waals surface area contributed by atoms with E-state index in [-0.39, 0.29) is 5.91 Å². The molecule has 0 aromatic heterocycles. The lowest BCUT2D eigenvalue weighted by atomic mass is 9.48. The molecule has 1 atom stereocenters. The van der Waals surface area contributed by atoms with Gasteiger partial charge in [0.1, 0.15) is 11.6 Å². The number of likely N-dealkylation sites (tertiary alicyclic amines) is 1. The molecule has 1 saturated heterocycles. The maximum Gasteiger partial charge on any atom is 0.410 e. The van der Waals surface area contributed by atoms with Crippen LogP contribution in [0.5, 0.6) is 0 Å². The fourth-order valence-electron chi connectivity index (χ4n) is 7.18. The minimum absolute atomic E-state index is 0.120. The second-order valence-electron chi connectivity index (χ2n) is 11.6. The first-order chi connectivity index (χ1) is 14.7. The molecule has 6 rings (SSSR count). The number of carbonyl (C=O) groups excluding carboxylic acids is 2. The van der Waals surface area contributed by atoms with Crippen molar-refractivity contribution in [3.8, 4) is 0 Å². The number of rotatable bonds is 3. The molecule has 1 aliphatic heterocycles. The first kappa shape index (κ1) is 20.8. The van der Waals surface area contributed by atoms with E-state index in [2.05, 4.69) is 29.6 Å². The van der Waals surface area contributed by atoms with Gasteiger partial charge in [-0.25, -0.2) is 4.79 Å². The van der Waals surface area contributed by atoms with Crippen LogP contribution in [0, 0.1) is 17.8 Å². The van der Waals surface area contributed by atoms with E-state index in [0.29, 0.717) is 18.4 Å². The zero-order chi connectivity index (χ0) is 21.8. The Morgan fingerprint density at radius 1 is 1.00 bits per heavy atom. The Labute approximate surface area is 185 Å². The lowest BCUT2D eigenvalue weighted by molar-refractivity contribution is -0.120. The number of ether oxygens (including phenoxy) is 1. The second kappa shape index (κ2) is 7.53. The number of carbonyl (C=O) groups is 2. The van der Waals surface area contributed by atoms with Gasteiger partial charge in [0.05, 0.1) is 0 Å². The maximum absolute atomic E-state index is 12.9. The van der Waals surface area contributed by atoms with Crippen LogP contribution in [0.15, 0.2) is 24.3 Å². The monoisotopic (exact) mass is 424 g/mol. The molecule has 5 fully saturated rings. The van der Waals surface area contributed by atoms with Crippen LogP contribution in [0.2, 0.25) is 0 Å². The molecular formula is C26H36N2O3. The summed E-state index contributed by atoms with van der Waals surface area (Å²) in [6.45, 7) is 6.11. The summed E-state index contributed by atoms with van der Waals surface area (Å²) in [6, 6.07) is 8.13. The predicted molar refractivity (Wildman–Crippen MR) is 121 cm³/mol. The predicted octanol–water partition coefficient (Wildman–Crippen LogP) is 5.49. The maximum atomic E-state index is 12.9. The topological polar surface area (TPSA) is 58.6 Å². The highest BCUT2D eigenvalue weighted by atomic mass is 16.6. The molecule has 1 N–H and O–H groups in total. The lowest BCUT2D eigenvalue weighted by Gasteiger charge is -2.57. The quantitative estimate of drug-likeness (QED) is 0.698. The van der Waals surface area contributed by atoms with Gasteiger partial charge in [-0.3, -0.25) is 9.69 Å². The van der Waals surface area contributed by atoms with Crippen LogP contribution in [0.1, 0.15) is 77.7 Å². The van der Waals surface area contributed by atoms with Crippen LogP contribution >= 0.6 is 0 Å². The summed E-state index contributed by atoms with van der Waals surface area (Å²) < 4.78 is 5.49. The molecule has 1 aromatic carbocycles. The standard InChI is InChI=1S/C26H36N2O3/c1-25(2,3)31-24(30)28-10-4-5-22(28)23(29)27-21-8-6-20(7-9-21)26-14-17-11-18(15-26)13-19(12-17)16-26/h6-9,17-19,22H,4-5,10-16H2,1-3H3,(H,27,29)/t17?,18?,19?,22-,26?/m1/s1. The normalized spacial score (nSPS) is 34.1. The zero-order valence-corrected chi connectivity index (χ0v) is 19.2. The van der Waals surface area contributed by atoms with Gasteiger partial charge in [0.25, 0.3) is 0 Å². The average Bonchev–Trinajstić information content (AvgIpc) is 3.16. The van der Waals surface area contributed by atoms with E-state index in [4.69, 9.17) is 4.74 Å². The Balaban J connectivity index is 1.25. The van der Waals surface area contributed by atoms with Crippen LogP contribution in [-0.2, 0) is 14.9 Å². The van der Waals surface area contributed by atoms with E-state index in [1.165, 1.54) is 44.1 Å². The van der Waals surface area contributed by atoms with Gasteiger partial charge in [-0.1, -0.05) is 12.1 Å². The smallest absolute Gasteiger partial charge is 0.410 e. The number of hydrogen-bond acceptors (Lipinski definition) is 3. The van der Waals surface area contributed by atoms with Crippen molar-refractivity contribution >= 4 is 17.7 Å². The van der Waals surface area contributed by atoms with Crippen LogP contribution in [-0.4, -0.2) is 35.1 Å². The molecule has 5 aliphatic rings. The van der Waals surface area contributed by atoms with Crippen molar-refractivity contribution in [3.05, 3.63) is 29.8 Å². The third-order valence-electron chi connectivity index (χ3n) is 7.99. The van der Waals surface area contributed by atoms with E-state index >= 15 is 0 Å². The number of benzene rings is 1. The first-order valence-corrected chi connectivity index (χ1v) is 12.1. The van der Waals surface area contributed by atoms with E-state index in [9.17, 15) is 9.59 Å². The molecule has 31 heavy (non-hydrogen) atoms. The van der Waals surface area contributed by atoms with Crippen molar-refractivity contribution in [2.24, 2.45) is 17.8 Å². The number of hydrogen-bond donors (Lipinski definition) is 1. The zero-order valence-electron chi connectivity index (χ0n) is 19.2. The Morgan fingerprint density at radius 2 is 1.58 bits per heavy atom. The van der Waals surface area contributed by atoms with Crippen molar-refractivity contribution in [3.63, 3.8) is 0 Å². The van der Waals surface area contributed by atoms with Gasteiger partial charge in [0, 0.05) is 12.2 Å². The van der Waals surface area contributed by atoms with Crippen molar-refractivity contribution in [2.75, 3.05) is 11.9 Å². The number of nitrogens with one attached hydrogen (secondary N) is 1. The molecule has 4 aliphatic carbocycles. The Kier molecular flexibility index (Phi) is 5.06. The van der Waals surface area contributed by atoms with Gasteiger partial charge in [0.2, 0.25) is 5.91 Å². The molecule has 0 radical (unpaired) electrons. The summed E-state index contributed by atoms with van der Waals surface area (Å²) in [7, 11) is 0. The van der Waals surface area contributed by atoms with Gasteiger partial charge in [-0.2, -0.15) is 0 Å². The van der Waals surface area contributed by atoms with Crippen LogP contribution < -0.4 is 5.32 Å². The largest absolute Gasteiger partial charge is 0.444 e. The fourth-order valence-corrected chi connectivity index (χ4v) is 7.18.